The third-order valence-electron chi connectivity index (χ3n) is 7.16. The SMILES string of the molecule is CN1C(=O)CCc2ccc(NC(=O)/C=C/c3cc4cc(F)ccc4n3CC3CCCCC3)cc21. The van der Waals surface area contributed by atoms with Gasteiger partial charge in [-0.05, 0) is 73.2 Å². The molecule has 3 aromatic rings. The molecular weight excluding hydrogens is 429 g/mol. The number of nitrogens with zero attached hydrogens (tertiary/aromatic N) is 2. The Balaban J connectivity index is 1.36. The number of nitrogens with one attached hydrogen (secondary N) is 1. The van der Waals surface area contributed by atoms with E-state index in [1.807, 2.05) is 36.4 Å². The fourth-order valence-electron chi connectivity index (χ4n) is 5.29. The lowest BCUT2D eigenvalue weighted by atomic mass is 9.89. The molecule has 1 aromatic heterocycles. The Morgan fingerprint density at radius 1 is 1.09 bits per heavy atom. The van der Waals surface area contributed by atoms with Crippen molar-refractivity contribution >= 4 is 40.2 Å². The van der Waals surface area contributed by atoms with Crippen LogP contribution in [0.3, 0.4) is 0 Å². The highest BCUT2D eigenvalue weighted by molar-refractivity contribution is 6.03. The van der Waals surface area contributed by atoms with Crippen LogP contribution in [0.25, 0.3) is 17.0 Å². The van der Waals surface area contributed by atoms with E-state index in [4.69, 9.17) is 0 Å². The van der Waals surface area contributed by atoms with E-state index in [1.54, 1.807) is 18.0 Å². The zero-order valence-corrected chi connectivity index (χ0v) is 19.5. The molecule has 1 aliphatic heterocycles. The molecule has 0 unspecified atom stereocenters. The molecule has 34 heavy (non-hydrogen) atoms. The van der Waals surface area contributed by atoms with Crippen molar-refractivity contribution in [2.24, 2.45) is 5.92 Å². The molecular formula is C28H30FN3O2. The lowest BCUT2D eigenvalue weighted by molar-refractivity contribution is -0.118. The number of benzene rings is 2. The second-order valence-corrected chi connectivity index (χ2v) is 9.51. The van der Waals surface area contributed by atoms with Crippen molar-refractivity contribution in [3.05, 3.63) is 65.6 Å². The number of halogens is 1. The van der Waals surface area contributed by atoms with E-state index in [-0.39, 0.29) is 17.6 Å². The maximum Gasteiger partial charge on any atom is 0.248 e. The normalized spacial score (nSPS) is 16.9. The lowest BCUT2D eigenvalue weighted by Gasteiger charge is -2.26. The van der Waals surface area contributed by atoms with Gasteiger partial charge in [-0.3, -0.25) is 9.59 Å². The summed E-state index contributed by atoms with van der Waals surface area (Å²) in [7, 11) is 1.76. The molecule has 5 rings (SSSR count). The summed E-state index contributed by atoms with van der Waals surface area (Å²) in [6, 6.07) is 12.5. The Morgan fingerprint density at radius 3 is 2.74 bits per heavy atom. The van der Waals surface area contributed by atoms with Crippen LogP contribution in [0.4, 0.5) is 15.8 Å². The van der Waals surface area contributed by atoms with Crippen LogP contribution in [0.5, 0.6) is 0 Å². The fraction of sp³-hybridized carbons (Fsp3) is 0.357. The molecule has 1 aliphatic carbocycles. The summed E-state index contributed by atoms with van der Waals surface area (Å²) >= 11 is 0. The average Bonchev–Trinajstić information content (AvgIpc) is 3.17. The molecule has 2 heterocycles. The fourth-order valence-corrected chi connectivity index (χ4v) is 5.29. The van der Waals surface area contributed by atoms with Crippen LogP contribution in [0.1, 0.15) is 49.8 Å². The highest BCUT2D eigenvalue weighted by Crippen LogP contribution is 2.31. The number of aromatic nitrogens is 1. The third-order valence-corrected chi connectivity index (χ3v) is 7.16. The number of hydrogen-bond acceptors (Lipinski definition) is 2. The Morgan fingerprint density at radius 2 is 1.91 bits per heavy atom. The minimum atomic E-state index is -0.258. The van der Waals surface area contributed by atoms with Gasteiger partial charge in [-0.1, -0.05) is 25.3 Å². The summed E-state index contributed by atoms with van der Waals surface area (Å²) in [5.74, 6) is 0.181. The number of fused-ring (bicyclic) bond motifs is 2. The van der Waals surface area contributed by atoms with Crippen LogP contribution in [-0.4, -0.2) is 23.4 Å². The molecule has 0 saturated heterocycles. The van der Waals surface area contributed by atoms with Crippen LogP contribution in [0.2, 0.25) is 0 Å². The monoisotopic (exact) mass is 459 g/mol. The van der Waals surface area contributed by atoms with E-state index in [1.165, 1.54) is 44.2 Å². The van der Waals surface area contributed by atoms with E-state index in [2.05, 4.69) is 9.88 Å². The number of aryl methyl sites for hydroxylation is 1. The molecule has 2 aliphatic rings. The lowest BCUT2D eigenvalue weighted by Crippen LogP contribution is -2.31. The van der Waals surface area contributed by atoms with Gasteiger partial charge in [-0.25, -0.2) is 4.39 Å². The third kappa shape index (κ3) is 4.63. The van der Waals surface area contributed by atoms with Gasteiger partial charge in [0.2, 0.25) is 11.8 Å². The van der Waals surface area contributed by atoms with Gasteiger partial charge in [0.05, 0.1) is 0 Å². The van der Waals surface area contributed by atoms with Crippen LogP contribution in [0.15, 0.2) is 48.5 Å². The molecule has 6 heteroatoms. The molecule has 0 spiro atoms. The second-order valence-electron chi connectivity index (χ2n) is 9.51. The number of rotatable bonds is 5. The number of amides is 2. The highest BCUT2D eigenvalue weighted by Gasteiger charge is 2.21. The Labute approximate surface area is 199 Å². The average molecular weight is 460 g/mol. The predicted molar refractivity (Wildman–Crippen MR) is 134 cm³/mol. The van der Waals surface area contributed by atoms with Gasteiger partial charge in [0.25, 0.3) is 0 Å². The zero-order chi connectivity index (χ0) is 23.7. The van der Waals surface area contributed by atoms with E-state index in [0.717, 1.165) is 40.8 Å². The molecule has 1 N–H and O–H groups in total. The van der Waals surface area contributed by atoms with Gasteiger partial charge in [-0.15, -0.1) is 0 Å². The van der Waals surface area contributed by atoms with Gasteiger partial charge in [0, 0.05) is 54.1 Å². The zero-order valence-electron chi connectivity index (χ0n) is 19.5. The van der Waals surface area contributed by atoms with Crippen molar-refractivity contribution in [2.45, 2.75) is 51.5 Å². The number of carbonyl (C=O) groups is 2. The molecule has 5 nitrogen and oxygen atoms in total. The summed E-state index contributed by atoms with van der Waals surface area (Å²) in [6.45, 7) is 0.877. The van der Waals surface area contributed by atoms with E-state index in [9.17, 15) is 14.0 Å². The largest absolute Gasteiger partial charge is 0.341 e. The summed E-state index contributed by atoms with van der Waals surface area (Å²) in [5.41, 5.74) is 4.49. The molecule has 0 radical (unpaired) electrons. The Kier molecular flexibility index (Phi) is 6.22. The van der Waals surface area contributed by atoms with Crippen molar-refractivity contribution in [2.75, 3.05) is 17.3 Å². The van der Waals surface area contributed by atoms with Gasteiger partial charge in [-0.2, -0.15) is 0 Å². The molecule has 176 valence electrons. The maximum absolute atomic E-state index is 13.8. The topological polar surface area (TPSA) is 54.3 Å². The molecule has 2 aromatic carbocycles. The second kappa shape index (κ2) is 9.45. The summed E-state index contributed by atoms with van der Waals surface area (Å²) in [4.78, 5) is 26.4. The quantitative estimate of drug-likeness (QED) is 0.482. The first-order valence-corrected chi connectivity index (χ1v) is 12.2. The van der Waals surface area contributed by atoms with Crippen molar-refractivity contribution in [1.82, 2.24) is 4.57 Å². The number of hydrogen-bond donors (Lipinski definition) is 1. The highest BCUT2D eigenvalue weighted by atomic mass is 19.1. The molecule has 0 atom stereocenters. The molecule has 1 fully saturated rings. The Bertz CT molecular complexity index is 1270. The van der Waals surface area contributed by atoms with Crippen LogP contribution in [0, 0.1) is 11.7 Å². The van der Waals surface area contributed by atoms with Crippen LogP contribution in [-0.2, 0) is 22.6 Å². The van der Waals surface area contributed by atoms with Crippen LogP contribution >= 0.6 is 0 Å². The molecule has 0 bridgehead atoms. The van der Waals surface area contributed by atoms with E-state index >= 15 is 0 Å². The number of carbonyl (C=O) groups excluding carboxylic acids is 2. The van der Waals surface area contributed by atoms with Crippen molar-refractivity contribution in [1.29, 1.82) is 0 Å². The molecule has 2 amide bonds. The first-order chi connectivity index (χ1) is 16.5. The van der Waals surface area contributed by atoms with Gasteiger partial charge in [0.1, 0.15) is 5.82 Å². The number of anilines is 2. The standard InChI is InChI=1S/C28H30FN3O2/c1-31-26-17-23(10-7-20(26)8-14-28(31)34)30-27(33)13-11-24-16-21-15-22(29)9-12-25(21)32(24)18-19-5-3-2-4-6-19/h7,9-13,15-17,19H,2-6,8,14,18H2,1H3,(H,30,33)/b13-11+. The predicted octanol–water partition coefficient (Wildman–Crippen LogP) is 5.92. The Hall–Kier alpha value is -3.41. The first kappa shape index (κ1) is 22.4. The van der Waals surface area contributed by atoms with E-state index in [0.29, 0.717) is 18.0 Å². The van der Waals surface area contributed by atoms with Gasteiger partial charge < -0.3 is 14.8 Å². The minimum absolute atomic E-state index is 0.0816. The minimum Gasteiger partial charge on any atom is -0.341 e. The van der Waals surface area contributed by atoms with Crippen molar-refractivity contribution in [3.63, 3.8) is 0 Å². The van der Waals surface area contributed by atoms with Gasteiger partial charge >= 0.3 is 0 Å². The van der Waals surface area contributed by atoms with Gasteiger partial charge in [0.15, 0.2) is 0 Å². The smallest absolute Gasteiger partial charge is 0.248 e. The summed E-state index contributed by atoms with van der Waals surface area (Å²) in [5, 5.41) is 3.75. The van der Waals surface area contributed by atoms with E-state index < -0.39 is 0 Å². The van der Waals surface area contributed by atoms with Crippen LogP contribution < -0.4 is 10.2 Å². The summed E-state index contributed by atoms with van der Waals surface area (Å²) < 4.78 is 16.1. The molecule has 1 saturated carbocycles. The summed E-state index contributed by atoms with van der Waals surface area (Å²) in [6.07, 6.45) is 10.8. The van der Waals surface area contributed by atoms with Crippen molar-refractivity contribution < 1.29 is 14.0 Å². The first-order valence-electron chi connectivity index (χ1n) is 12.2. The maximum atomic E-state index is 13.8. The van der Waals surface area contributed by atoms with Crippen molar-refractivity contribution in [3.8, 4) is 0 Å².